The van der Waals surface area contributed by atoms with E-state index in [9.17, 15) is 10.2 Å². The molecule has 5 N–H and O–H groups in total. The zero-order valence-electron chi connectivity index (χ0n) is 13.9. The molecular weight excluding hydrogens is 314 g/mol. The molecule has 4 unspecified atom stereocenters. The molecule has 2 aromatic rings. The number of aromatic nitrogens is 4. The molecule has 1 aliphatic heterocycles. The fourth-order valence-corrected chi connectivity index (χ4v) is 2.96. The van der Waals surface area contributed by atoms with Crippen molar-refractivity contribution in [3.8, 4) is 0 Å². The molecular formula is C14H23N7O3. The van der Waals surface area contributed by atoms with Crippen LogP contribution in [0.4, 0.5) is 5.82 Å². The third kappa shape index (κ3) is 2.82. The fourth-order valence-electron chi connectivity index (χ4n) is 2.96. The van der Waals surface area contributed by atoms with Crippen LogP contribution in [0.5, 0.6) is 0 Å². The van der Waals surface area contributed by atoms with Crippen LogP contribution in [0.15, 0.2) is 12.7 Å². The molecule has 0 aliphatic carbocycles. The van der Waals surface area contributed by atoms with Crippen LogP contribution in [0.3, 0.4) is 0 Å². The van der Waals surface area contributed by atoms with E-state index in [4.69, 9.17) is 10.5 Å². The lowest BCUT2D eigenvalue weighted by Gasteiger charge is -2.45. The van der Waals surface area contributed by atoms with Gasteiger partial charge in [-0.05, 0) is 19.4 Å². The van der Waals surface area contributed by atoms with Crippen molar-refractivity contribution in [2.24, 2.45) is 5.92 Å². The van der Waals surface area contributed by atoms with Gasteiger partial charge in [0.25, 0.3) is 0 Å². The molecule has 1 saturated heterocycles. The van der Waals surface area contributed by atoms with Crippen molar-refractivity contribution >= 4 is 17.0 Å². The van der Waals surface area contributed by atoms with Gasteiger partial charge in [0.05, 0.1) is 6.33 Å². The Morgan fingerprint density at radius 1 is 1.29 bits per heavy atom. The van der Waals surface area contributed by atoms with E-state index >= 15 is 0 Å². The Kier molecular flexibility index (Phi) is 4.65. The Hall–Kier alpha value is -1.85. The number of nitrogens with two attached hydrogens (primary N) is 1. The average Bonchev–Trinajstić information content (AvgIpc) is 2.95. The van der Waals surface area contributed by atoms with Crippen molar-refractivity contribution in [1.82, 2.24) is 30.0 Å². The van der Waals surface area contributed by atoms with Crippen molar-refractivity contribution in [1.29, 1.82) is 0 Å². The number of anilines is 1. The number of morpholine rings is 1. The van der Waals surface area contributed by atoms with E-state index in [2.05, 4.69) is 20.4 Å². The van der Waals surface area contributed by atoms with Crippen molar-refractivity contribution in [2.75, 3.05) is 12.8 Å². The number of rotatable bonds is 4. The number of hydrogen-bond donors (Lipinski definition) is 4. The van der Waals surface area contributed by atoms with Gasteiger partial charge in [0.2, 0.25) is 0 Å². The maximum absolute atomic E-state index is 10.6. The fraction of sp³-hybridized carbons (Fsp3) is 0.643. The second kappa shape index (κ2) is 6.57. The summed E-state index contributed by atoms with van der Waals surface area (Å²) in [5, 5.41) is 22.4. The molecule has 0 radical (unpaired) electrons. The molecule has 1 aliphatic rings. The van der Waals surface area contributed by atoms with Crippen LogP contribution in [-0.4, -0.2) is 60.3 Å². The van der Waals surface area contributed by atoms with E-state index in [1.165, 1.54) is 17.7 Å². The predicted molar refractivity (Wildman–Crippen MR) is 86.0 cm³/mol. The lowest BCUT2D eigenvalue weighted by Crippen LogP contribution is -2.62. The third-order valence-electron chi connectivity index (χ3n) is 4.09. The highest BCUT2D eigenvalue weighted by molar-refractivity contribution is 5.81. The minimum absolute atomic E-state index is 0.258. The van der Waals surface area contributed by atoms with Crippen LogP contribution in [0.2, 0.25) is 0 Å². The van der Waals surface area contributed by atoms with Gasteiger partial charge in [0, 0.05) is 0 Å². The Morgan fingerprint density at radius 3 is 2.71 bits per heavy atom. The Morgan fingerprint density at radius 2 is 2.04 bits per heavy atom. The summed E-state index contributed by atoms with van der Waals surface area (Å²) in [6.07, 6.45) is 0.0707. The smallest absolute Gasteiger partial charge is 0.178 e. The molecule has 1 fully saturated rings. The van der Waals surface area contributed by atoms with Gasteiger partial charge in [0.15, 0.2) is 23.9 Å². The van der Waals surface area contributed by atoms with Gasteiger partial charge in [-0.25, -0.2) is 15.0 Å². The van der Waals surface area contributed by atoms with E-state index in [1.54, 1.807) is 11.6 Å². The first kappa shape index (κ1) is 17.0. The molecule has 0 saturated carbocycles. The van der Waals surface area contributed by atoms with Gasteiger partial charge in [0.1, 0.15) is 24.2 Å². The molecule has 0 aromatic carbocycles. The second-order valence-electron chi connectivity index (χ2n) is 6.24. The quantitative estimate of drug-likeness (QED) is 0.578. The van der Waals surface area contributed by atoms with E-state index in [-0.39, 0.29) is 5.82 Å². The first-order valence-corrected chi connectivity index (χ1v) is 7.84. The van der Waals surface area contributed by atoms with Crippen LogP contribution in [0, 0.1) is 5.92 Å². The number of hydrazine groups is 1. The average molecular weight is 337 g/mol. The zero-order chi connectivity index (χ0) is 17.4. The van der Waals surface area contributed by atoms with Crippen LogP contribution in [0.25, 0.3) is 11.2 Å². The van der Waals surface area contributed by atoms with E-state index < -0.39 is 24.8 Å². The number of nitrogens with zero attached hydrogens (tertiary/aromatic N) is 5. The van der Waals surface area contributed by atoms with Crippen LogP contribution in [0.1, 0.15) is 26.5 Å². The lowest BCUT2D eigenvalue weighted by atomic mass is 10.0. The minimum Gasteiger partial charge on any atom is -0.382 e. The number of fused-ring (bicyclic) bond motifs is 1. The van der Waals surface area contributed by atoms with Crippen molar-refractivity contribution in [3.05, 3.63) is 12.7 Å². The number of nitrogens with one attached hydrogen (secondary N) is 1. The Bertz CT molecular complexity index is 707. The molecule has 3 rings (SSSR count). The van der Waals surface area contributed by atoms with Gasteiger partial charge in [-0.2, -0.15) is 5.01 Å². The molecule has 132 valence electrons. The van der Waals surface area contributed by atoms with E-state index in [0.29, 0.717) is 23.5 Å². The highest BCUT2D eigenvalue weighted by atomic mass is 16.6. The van der Waals surface area contributed by atoms with Crippen molar-refractivity contribution < 1.29 is 14.9 Å². The predicted octanol–water partition coefficient (Wildman–Crippen LogP) is -0.575. The van der Waals surface area contributed by atoms with Crippen LogP contribution < -0.4 is 11.2 Å². The van der Waals surface area contributed by atoms with Gasteiger partial charge in [-0.1, -0.05) is 13.8 Å². The van der Waals surface area contributed by atoms with Crippen LogP contribution in [-0.2, 0) is 4.74 Å². The molecule has 24 heavy (non-hydrogen) atoms. The summed E-state index contributed by atoms with van der Waals surface area (Å²) in [7, 11) is 1.63. The molecule has 2 aromatic heterocycles. The standard InChI is InChI=1S/C14H23N7O3/c1-7(2)4-8-12(22)21(16-3)13(23)14(24-8)20-6-19-9-10(15)17-5-18-11(9)20/h5-8,12-14,16,22-23H,4H2,1-3H3,(H2,15,17,18). The summed E-state index contributed by atoms with van der Waals surface area (Å²) in [6.45, 7) is 4.08. The van der Waals surface area contributed by atoms with Crippen molar-refractivity contribution in [2.45, 2.75) is 45.1 Å². The molecule has 3 heterocycles. The highest BCUT2D eigenvalue weighted by Crippen LogP contribution is 2.32. The van der Waals surface area contributed by atoms with E-state index in [0.717, 1.165) is 0 Å². The molecule has 4 atom stereocenters. The first-order chi connectivity index (χ1) is 11.4. The minimum atomic E-state index is -1.14. The normalized spacial score (nSPS) is 28.8. The number of ether oxygens (including phenoxy) is 1. The molecule has 0 amide bonds. The maximum Gasteiger partial charge on any atom is 0.178 e. The SMILES string of the molecule is CNN1C(O)C(CC(C)C)OC(n2cnc3c(N)ncnc32)C1O. The summed E-state index contributed by atoms with van der Waals surface area (Å²) < 4.78 is 7.59. The lowest BCUT2D eigenvalue weighted by molar-refractivity contribution is -0.298. The molecule has 0 spiro atoms. The van der Waals surface area contributed by atoms with E-state index in [1.807, 2.05) is 13.8 Å². The largest absolute Gasteiger partial charge is 0.382 e. The second-order valence-corrected chi connectivity index (χ2v) is 6.24. The zero-order valence-corrected chi connectivity index (χ0v) is 13.9. The maximum atomic E-state index is 10.6. The number of aliphatic hydroxyl groups is 2. The number of hydrogen-bond acceptors (Lipinski definition) is 9. The van der Waals surface area contributed by atoms with Gasteiger partial charge in [-0.15, -0.1) is 0 Å². The summed E-state index contributed by atoms with van der Waals surface area (Å²) in [4.78, 5) is 12.3. The topological polar surface area (TPSA) is 135 Å². The number of imidazole rings is 1. The summed E-state index contributed by atoms with van der Waals surface area (Å²) >= 11 is 0. The number of aliphatic hydroxyl groups excluding tert-OH is 2. The summed E-state index contributed by atoms with van der Waals surface area (Å²) in [5.41, 5.74) is 9.53. The monoisotopic (exact) mass is 337 g/mol. The van der Waals surface area contributed by atoms with Crippen molar-refractivity contribution in [3.63, 3.8) is 0 Å². The van der Waals surface area contributed by atoms with Crippen LogP contribution >= 0.6 is 0 Å². The summed E-state index contributed by atoms with van der Waals surface area (Å²) in [6, 6.07) is 0. The summed E-state index contributed by atoms with van der Waals surface area (Å²) in [5.74, 6) is 0.574. The third-order valence-corrected chi connectivity index (χ3v) is 4.09. The van der Waals surface area contributed by atoms with Gasteiger partial charge >= 0.3 is 0 Å². The first-order valence-electron chi connectivity index (χ1n) is 7.84. The molecule has 10 nitrogen and oxygen atoms in total. The number of nitrogen functional groups attached to an aromatic ring is 1. The molecule has 0 bridgehead atoms. The van der Waals surface area contributed by atoms with Gasteiger partial charge in [-0.3, -0.25) is 9.99 Å². The molecule has 10 heteroatoms. The Labute approximate surface area is 139 Å². The Balaban J connectivity index is 1.99. The van der Waals surface area contributed by atoms with Gasteiger partial charge < -0.3 is 20.7 Å². The highest BCUT2D eigenvalue weighted by Gasteiger charge is 2.43.